The third-order valence-corrected chi connectivity index (χ3v) is 5.65. The van der Waals surface area contributed by atoms with Gasteiger partial charge in [0, 0.05) is 31.9 Å². The van der Waals surface area contributed by atoms with Gasteiger partial charge in [-0.05, 0) is 54.6 Å². The number of aryl methyl sites for hydroxylation is 2. The summed E-state index contributed by atoms with van der Waals surface area (Å²) in [4.78, 5) is 14.9. The quantitative estimate of drug-likeness (QED) is 0.646. The highest BCUT2D eigenvalue weighted by Crippen LogP contribution is 2.18. The van der Waals surface area contributed by atoms with Gasteiger partial charge in [-0.3, -0.25) is 4.79 Å². The highest BCUT2D eigenvalue weighted by molar-refractivity contribution is 5.33. The summed E-state index contributed by atoms with van der Waals surface area (Å²) in [5, 5.41) is 0. The Bertz CT molecular complexity index is 1010. The van der Waals surface area contributed by atoms with Crippen molar-refractivity contribution in [2.75, 3.05) is 20.1 Å². The molecule has 0 spiro atoms. The lowest BCUT2D eigenvalue weighted by atomic mass is 9.99. The second-order valence-electron chi connectivity index (χ2n) is 7.82. The summed E-state index contributed by atoms with van der Waals surface area (Å²) in [6.45, 7) is 3.38. The molecular formula is C25H28N2O2. The largest absolute Gasteiger partial charge is 0.489 e. The van der Waals surface area contributed by atoms with Crippen LogP contribution in [0, 0.1) is 0 Å². The first-order chi connectivity index (χ1) is 14.2. The van der Waals surface area contributed by atoms with Crippen molar-refractivity contribution in [1.29, 1.82) is 0 Å². The van der Waals surface area contributed by atoms with Crippen molar-refractivity contribution < 1.29 is 4.74 Å². The molecule has 0 unspecified atom stereocenters. The van der Waals surface area contributed by atoms with Gasteiger partial charge in [0.2, 0.25) is 0 Å². The maximum atomic E-state index is 12.5. The Hall–Kier alpha value is -2.85. The topological polar surface area (TPSA) is 34.5 Å². The zero-order valence-corrected chi connectivity index (χ0v) is 17.0. The smallest absolute Gasteiger partial charge is 0.254 e. The highest BCUT2D eigenvalue weighted by Gasteiger charge is 2.11. The van der Waals surface area contributed by atoms with Crippen LogP contribution in [-0.4, -0.2) is 29.6 Å². The second-order valence-corrected chi connectivity index (χ2v) is 7.82. The lowest BCUT2D eigenvalue weighted by Gasteiger charge is -2.11. The average Bonchev–Trinajstić information content (AvgIpc) is 2.93. The molecular weight excluding hydrogens is 360 g/mol. The molecule has 1 aliphatic heterocycles. The van der Waals surface area contributed by atoms with E-state index in [1.807, 2.05) is 42.6 Å². The zero-order valence-electron chi connectivity index (χ0n) is 17.0. The number of aromatic nitrogens is 1. The Kier molecular flexibility index (Phi) is 6.11. The van der Waals surface area contributed by atoms with E-state index in [9.17, 15) is 4.79 Å². The minimum atomic E-state index is -0.0213. The number of pyridine rings is 1. The maximum Gasteiger partial charge on any atom is 0.254 e. The Morgan fingerprint density at radius 2 is 1.69 bits per heavy atom. The fraction of sp³-hybridized carbons (Fsp3) is 0.320. The van der Waals surface area contributed by atoms with Gasteiger partial charge in [-0.25, -0.2) is 0 Å². The van der Waals surface area contributed by atoms with Gasteiger partial charge in [0.15, 0.2) is 0 Å². The van der Waals surface area contributed by atoms with Gasteiger partial charge in [0.1, 0.15) is 12.4 Å². The first-order valence-electron chi connectivity index (χ1n) is 10.3. The predicted octanol–water partition coefficient (Wildman–Crippen LogP) is 3.70. The molecule has 0 fully saturated rings. The van der Waals surface area contributed by atoms with E-state index in [2.05, 4.69) is 30.1 Å². The number of nitrogens with zero attached hydrogens (tertiary/aromatic N) is 2. The first kappa shape index (κ1) is 19.5. The Labute approximate surface area is 172 Å². The summed E-state index contributed by atoms with van der Waals surface area (Å²) in [6, 6.07) is 20.2. The Morgan fingerprint density at radius 3 is 2.48 bits per heavy atom. The molecule has 2 heterocycles. The van der Waals surface area contributed by atoms with Gasteiger partial charge in [-0.2, -0.15) is 0 Å². The molecule has 3 aromatic rings. The molecule has 0 saturated heterocycles. The third-order valence-electron chi connectivity index (χ3n) is 5.65. The maximum absolute atomic E-state index is 12.5. The summed E-state index contributed by atoms with van der Waals surface area (Å²) < 4.78 is 7.51. The number of fused-ring (bicyclic) bond motifs is 1. The molecule has 0 bridgehead atoms. The van der Waals surface area contributed by atoms with Gasteiger partial charge < -0.3 is 14.2 Å². The SMILES string of the molecule is CN1CCc2ccc(CCn3ccc(OCc4ccccc4)cc3=O)cc2CC1. The molecule has 29 heavy (non-hydrogen) atoms. The van der Waals surface area contributed by atoms with Crippen LogP contribution in [-0.2, 0) is 32.4 Å². The summed E-state index contributed by atoms with van der Waals surface area (Å²) >= 11 is 0. The van der Waals surface area contributed by atoms with Crippen LogP contribution in [0.25, 0.3) is 0 Å². The van der Waals surface area contributed by atoms with Gasteiger partial charge in [0.05, 0.1) is 0 Å². The van der Waals surface area contributed by atoms with Crippen LogP contribution in [0.4, 0.5) is 0 Å². The highest BCUT2D eigenvalue weighted by atomic mass is 16.5. The Morgan fingerprint density at radius 1 is 0.897 bits per heavy atom. The van der Waals surface area contributed by atoms with E-state index < -0.39 is 0 Å². The normalized spacial score (nSPS) is 14.2. The molecule has 4 heteroatoms. The Balaban J connectivity index is 1.37. The molecule has 150 valence electrons. The monoisotopic (exact) mass is 388 g/mol. The molecule has 0 atom stereocenters. The van der Waals surface area contributed by atoms with Crippen LogP contribution < -0.4 is 10.3 Å². The molecule has 2 aromatic carbocycles. The lowest BCUT2D eigenvalue weighted by molar-refractivity contribution is 0.305. The minimum absolute atomic E-state index is 0.0213. The molecule has 0 N–H and O–H groups in total. The number of hydrogen-bond acceptors (Lipinski definition) is 3. The van der Waals surface area contributed by atoms with Crippen molar-refractivity contribution in [3.05, 3.63) is 99.5 Å². The van der Waals surface area contributed by atoms with Crippen LogP contribution >= 0.6 is 0 Å². The summed E-state index contributed by atoms with van der Waals surface area (Å²) in [6.07, 6.45) is 4.91. The molecule has 0 amide bonds. The van der Waals surface area contributed by atoms with E-state index in [1.54, 1.807) is 10.6 Å². The van der Waals surface area contributed by atoms with E-state index in [1.165, 1.54) is 16.7 Å². The molecule has 0 aliphatic carbocycles. The van der Waals surface area contributed by atoms with Crippen LogP contribution in [0.1, 0.15) is 22.3 Å². The zero-order chi connectivity index (χ0) is 20.1. The van der Waals surface area contributed by atoms with Gasteiger partial charge >= 0.3 is 0 Å². The van der Waals surface area contributed by atoms with Crippen molar-refractivity contribution in [3.63, 3.8) is 0 Å². The second kappa shape index (κ2) is 9.10. The van der Waals surface area contributed by atoms with Crippen molar-refractivity contribution in [2.24, 2.45) is 0 Å². The first-order valence-corrected chi connectivity index (χ1v) is 10.3. The average molecular weight is 389 g/mol. The van der Waals surface area contributed by atoms with Crippen molar-refractivity contribution in [1.82, 2.24) is 9.47 Å². The summed E-state index contributed by atoms with van der Waals surface area (Å²) in [5.41, 5.74) is 5.29. The van der Waals surface area contributed by atoms with Crippen molar-refractivity contribution >= 4 is 0 Å². The van der Waals surface area contributed by atoms with Crippen LogP contribution in [0.3, 0.4) is 0 Å². The lowest BCUT2D eigenvalue weighted by Crippen LogP contribution is -2.20. The third kappa shape index (κ3) is 5.15. The van der Waals surface area contributed by atoms with E-state index in [0.29, 0.717) is 18.9 Å². The fourth-order valence-electron chi connectivity index (χ4n) is 3.80. The van der Waals surface area contributed by atoms with E-state index in [-0.39, 0.29) is 5.56 Å². The molecule has 0 radical (unpaired) electrons. The minimum Gasteiger partial charge on any atom is -0.489 e. The van der Waals surface area contributed by atoms with Crippen LogP contribution in [0.5, 0.6) is 5.75 Å². The van der Waals surface area contributed by atoms with E-state index >= 15 is 0 Å². The van der Waals surface area contributed by atoms with E-state index in [0.717, 1.165) is 37.9 Å². The number of rotatable bonds is 6. The van der Waals surface area contributed by atoms with Crippen LogP contribution in [0.15, 0.2) is 71.7 Å². The molecule has 4 rings (SSSR count). The van der Waals surface area contributed by atoms with Crippen molar-refractivity contribution in [2.45, 2.75) is 32.4 Å². The van der Waals surface area contributed by atoms with E-state index in [4.69, 9.17) is 4.74 Å². The number of likely N-dealkylation sites (N-methyl/N-ethyl adjacent to an activating group) is 1. The van der Waals surface area contributed by atoms with Gasteiger partial charge in [-0.1, -0.05) is 48.5 Å². The van der Waals surface area contributed by atoms with Gasteiger partial charge in [0.25, 0.3) is 5.56 Å². The van der Waals surface area contributed by atoms with Crippen molar-refractivity contribution in [3.8, 4) is 5.75 Å². The molecule has 0 saturated carbocycles. The number of benzene rings is 2. The number of hydrogen-bond donors (Lipinski definition) is 0. The predicted molar refractivity (Wildman–Crippen MR) is 117 cm³/mol. The molecule has 1 aromatic heterocycles. The summed E-state index contributed by atoms with van der Waals surface area (Å²) in [5.74, 6) is 0.615. The molecule has 1 aliphatic rings. The van der Waals surface area contributed by atoms with Gasteiger partial charge in [-0.15, -0.1) is 0 Å². The number of ether oxygens (including phenoxy) is 1. The standard InChI is InChI=1S/C25H28N2O2/c1-26-13-10-22-8-7-20(17-23(22)11-14-26)9-15-27-16-12-24(18-25(27)28)29-19-21-5-3-2-4-6-21/h2-8,12,16-18H,9-11,13-15,19H2,1H3. The molecule has 4 nitrogen and oxygen atoms in total. The summed E-state index contributed by atoms with van der Waals surface area (Å²) in [7, 11) is 2.19. The van der Waals surface area contributed by atoms with Crippen LogP contribution in [0.2, 0.25) is 0 Å². The fourth-order valence-corrected chi connectivity index (χ4v) is 3.80.